The van der Waals surface area contributed by atoms with E-state index in [2.05, 4.69) is 59.2 Å². The van der Waals surface area contributed by atoms with Crippen molar-refractivity contribution in [1.29, 1.82) is 0 Å². The van der Waals surface area contributed by atoms with Crippen LogP contribution in [-0.2, 0) is 0 Å². The molecule has 0 heterocycles. The Morgan fingerprint density at radius 1 is 0.769 bits per heavy atom. The van der Waals surface area contributed by atoms with Gasteiger partial charge in [0, 0.05) is 17.7 Å². The predicted molar refractivity (Wildman–Crippen MR) is 64.9 cm³/mol. The average molecular weight is 201 g/mol. The lowest BCUT2D eigenvalue weighted by Crippen LogP contribution is -2.54. The molecule has 0 aliphatic rings. The van der Waals surface area contributed by atoms with Gasteiger partial charge in [0.1, 0.15) is 0 Å². The van der Waals surface area contributed by atoms with Crippen LogP contribution in [0.3, 0.4) is 0 Å². The second-order valence-corrected chi connectivity index (χ2v) is 11.2. The molecule has 2 heteroatoms. The molecule has 0 spiro atoms. The van der Waals surface area contributed by atoms with Crippen LogP contribution in [0.5, 0.6) is 0 Å². The molecule has 0 aliphatic heterocycles. The van der Waals surface area contributed by atoms with Gasteiger partial charge in [-0.15, -0.1) is 0 Å². The first-order valence-corrected chi connectivity index (χ1v) is 9.03. The van der Waals surface area contributed by atoms with Gasteiger partial charge in [-0.3, -0.25) is 4.90 Å². The Morgan fingerprint density at radius 3 is 1.15 bits per heavy atom. The first-order valence-electron chi connectivity index (χ1n) is 5.45. The van der Waals surface area contributed by atoms with Gasteiger partial charge in [-0.1, -0.05) is 26.6 Å². The summed E-state index contributed by atoms with van der Waals surface area (Å²) in [4.78, 5) is 2.65. The largest absolute Gasteiger partial charge is 0.299 e. The lowest BCUT2D eigenvalue weighted by atomic mass is 10.2. The van der Waals surface area contributed by atoms with Crippen molar-refractivity contribution in [2.75, 3.05) is 0 Å². The van der Waals surface area contributed by atoms with E-state index in [1.54, 1.807) is 0 Å². The minimum Gasteiger partial charge on any atom is -0.299 e. The van der Waals surface area contributed by atoms with E-state index >= 15 is 0 Å². The van der Waals surface area contributed by atoms with E-state index in [1.165, 1.54) is 0 Å². The molecule has 1 nitrogen and oxygen atoms in total. The second-order valence-electron chi connectivity index (χ2n) is 5.68. The number of hydrogen-bond donors (Lipinski definition) is 0. The lowest BCUT2D eigenvalue weighted by Gasteiger charge is -2.42. The Hall–Kier alpha value is 0.177. The Labute approximate surface area is 85.5 Å². The zero-order valence-corrected chi connectivity index (χ0v) is 11.7. The van der Waals surface area contributed by atoms with Crippen LogP contribution in [0, 0.1) is 0 Å². The number of rotatable bonds is 4. The fraction of sp³-hybridized carbons (Fsp3) is 1.00. The molecule has 0 bridgehead atoms. The summed E-state index contributed by atoms with van der Waals surface area (Å²) in [7, 11) is -1.02. The standard InChI is InChI=1S/C11H27NSi/c1-9(2)12(10(3)4)11(5)13(6,7)8/h9-11H,1-8H3. The van der Waals surface area contributed by atoms with Crippen molar-refractivity contribution in [3.63, 3.8) is 0 Å². The Bertz CT molecular complexity index is 139. The van der Waals surface area contributed by atoms with Gasteiger partial charge in [0.25, 0.3) is 0 Å². The van der Waals surface area contributed by atoms with Crippen molar-refractivity contribution in [3.05, 3.63) is 0 Å². The maximum absolute atomic E-state index is 2.65. The van der Waals surface area contributed by atoms with E-state index in [9.17, 15) is 0 Å². The minimum absolute atomic E-state index is 0.668. The van der Waals surface area contributed by atoms with Crippen molar-refractivity contribution in [3.8, 4) is 0 Å². The van der Waals surface area contributed by atoms with Gasteiger partial charge in [-0.25, -0.2) is 0 Å². The third kappa shape index (κ3) is 3.82. The van der Waals surface area contributed by atoms with Crippen molar-refractivity contribution in [1.82, 2.24) is 4.90 Å². The molecule has 13 heavy (non-hydrogen) atoms. The quantitative estimate of drug-likeness (QED) is 0.630. The highest BCUT2D eigenvalue weighted by molar-refractivity contribution is 6.77. The summed E-state index contributed by atoms with van der Waals surface area (Å²) in [6.07, 6.45) is 0. The molecule has 0 amide bonds. The maximum Gasteiger partial charge on any atom is 0.0635 e. The third-order valence-corrected chi connectivity index (χ3v) is 5.70. The topological polar surface area (TPSA) is 3.24 Å². The summed E-state index contributed by atoms with van der Waals surface area (Å²) in [6, 6.07) is 1.34. The van der Waals surface area contributed by atoms with Crippen LogP contribution < -0.4 is 0 Å². The summed E-state index contributed by atoms with van der Waals surface area (Å²) < 4.78 is 0. The fourth-order valence-electron chi connectivity index (χ4n) is 1.94. The fourth-order valence-corrected chi connectivity index (χ4v) is 3.43. The van der Waals surface area contributed by atoms with Crippen LogP contribution in [0.15, 0.2) is 0 Å². The first kappa shape index (κ1) is 13.2. The first-order chi connectivity index (χ1) is 5.68. The Kier molecular flexibility index (Phi) is 4.67. The zero-order chi connectivity index (χ0) is 10.8. The van der Waals surface area contributed by atoms with Crippen molar-refractivity contribution in [2.24, 2.45) is 0 Å². The van der Waals surface area contributed by atoms with Gasteiger partial charge in [0.2, 0.25) is 0 Å². The van der Waals surface area contributed by atoms with Gasteiger partial charge in [0.15, 0.2) is 0 Å². The van der Waals surface area contributed by atoms with Crippen LogP contribution in [0.2, 0.25) is 19.6 Å². The number of hydrogen-bond acceptors (Lipinski definition) is 1. The van der Waals surface area contributed by atoms with E-state index in [0.717, 1.165) is 5.67 Å². The molecule has 0 aliphatic carbocycles. The second kappa shape index (κ2) is 4.60. The summed E-state index contributed by atoms with van der Waals surface area (Å²) in [5.74, 6) is 0. The highest BCUT2D eigenvalue weighted by Crippen LogP contribution is 2.19. The van der Waals surface area contributed by atoms with Gasteiger partial charge in [-0.2, -0.15) is 0 Å². The molecule has 0 radical (unpaired) electrons. The molecule has 1 atom stereocenters. The summed E-state index contributed by atoms with van der Waals surface area (Å²) in [5.41, 5.74) is 0.771. The van der Waals surface area contributed by atoms with Crippen LogP contribution >= 0.6 is 0 Å². The molecule has 80 valence electrons. The normalized spacial score (nSPS) is 15.9. The molecular weight excluding hydrogens is 174 g/mol. The van der Waals surface area contributed by atoms with E-state index < -0.39 is 8.07 Å². The third-order valence-electron chi connectivity index (χ3n) is 2.89. The van der Waals surface area contributed by atoms with Gasteiger partial charge < -0.3 is 0 Å². The van der Waals surface area contributed by atoms with E-state index in [1.807, 2.05) is 0 Å². The van der Waals surface area contributed by atoms with Crippen molar-refractivity contribution >= 4 is 8.07 Å². The molecular formula is C11H27NSi. The highest BCUT2D eigenvalue weighted by atomic mass is 28.3. The van der Waals surface area contributed by atoms with E-state index in [-0.39, 0.29) is 0 Å². The van der Waals surface area contributed by atoms with E-state index in [4.69, 9.17) is 0 Å². The van der Waals surface area contributed by atoms with Gasteiger partial charge in [-0.05, 0) is 27.7 Å². The SMILES string of the molecule is CC(C)N(C(C)C)C(C)[Si](C)(C)C. The average Bonchev–Trinajstić information content (AvgIpc) is 1.82. The monoisotopic (exact) mass is 201 g/mol. The lowest BCUT2D eigenvalue weighted by molar-refractivity contribution is 0.158. The molecule has 0 saturated heterocycles. The predicted octanol–water partition coefficient (Wildman–Crippen LogP) is 3.37. The zero-order valence-electron chi connectivity index (χ0n) is 10.7. The summed E-state index contributed by atoms with van der Waals surface area (Å²) >= 11 is 0. The molecule has 1 unspecified atom stereocenters. The molecule has 0 aromatic rings. The van der Waals surface area contributed by atoms with Crippen LogP contribution in [0.1, 0.15) is 34.6 Å². The van der Waals surface area contributed by atoms with Crippen molar-refractivity contribution in [2.45, 2.75) is 72.0 Å². The van der Waals surface area contributed by atoms with Crippen molar-refractivity contribution < 1.29 is 0 Å². The minimum atomic E-state index is -1.02. The van der Waals surface area contributed by atoms with Gasteiger partial charge in [0.05, 0.1) is 8.07 Å². The Balaban J connectivity index is 4.56. The summed E-state index contributed by atoms with van der Waals surface area (Å²) in [6.45, 7) is 19.0. The molecule has 0 saturated carbocycles. The molecule has 0 fully saturated rings. The van der Waals surface area contributed by atoms with Crippen LogP contribution in [0.4, 0.5) is 0 Å². The molecule has 0 aromatic carbocycles. The van der Waals surface area contributed by atoms with Crippen LogP contribution in [0.25, 0.3) is 0 Å². The van der Waals surface area contributed by atoms with E-state index in [0.29, 0.717) is 12.1 Å². The highest BCUT2D eigenvalue weighted by Gasteiger charge is 2.30. The summed E-state index contributed by atoms with van der Waals surface area (Å²) in [5, 5.41) is 0. The molecule has 0 aromatic heterocycles. The van der Waals surface area contributed by atoms with Crippen LogP contribution in [-0.4, -0.2) is 30.7 Å². The smallest absolute Gasteiger partial charge is 0.0635 e. The maximum atomic E-state index is 2.65. The molecule has 0 N–H and O–H groups in total. The molecule has 0 rings (SSSR count). The Morgan fingerprint density at radius 2 is 1.08 bits per heavy atom. The van der Waals surface area contributed by atoms with Gasteiger partial charge >= 0.3 is 0 Å². The number of nitrogens with zero attached hydrogens (tertiary/aromatic N) is 1.